The van der Waals surface area contributed by atoms with Crippen LogP contribution in [0.5, 0.6) is 5.75 Å². The number of benzene rings is 2. The molecule has 0 aromatic heterocycles. The molecular formula is C20H25ClN2O4S. The van der Waals surface area contributed by atoms with Crippen LogP contribution in [0.3, 0.4) is 0 Å². The normalized spacial score (nSPS) is 12.5. The first-order chi connectivity index (χ1) is 13.2. The molecule has 6 nitrogen and oxygen atoms in total. The number of anilines is 1. The highest BCUT2D eigenvalue weighted by Crippen LogP contribution is 2.31. The number of rotatable bonds is 8. The molecule has 0 spiro atoms. The van der Waals surface area contributed by atoms with Gasteiger partial charge >= 0.3 is 0 Å². The van der Waals surface area contributed by atoms with Crippen LogP contribution < -0.4 is 14.4 Å². The van der Waals surface area contributed by atoms with Crippen LogP contribution in [0.1, 0.15) is 20.8 Å². The molecule has 2 aromatic carbocycles. The highest BCUT2D eigenvalue weighted by molar-refractivity contribution is 7.92. The summed E-state index contributed by atoms with van der Waals surface area (Å²) in [4.78, 5) is 12.6. The number of carbonyl (C=O) groups is 1. The summed E-state index contributed by atoms with van der Waals surface area (Å²) in [5, 5.41) is 3.09. The van der Waals surface area contributed by atoms with Crippen molar-refractivity contribution in [3.63, 3.8) is 0 Å². The van der Waals surface area contributed by atoms with Crippen LogP contribution in [0, 0.1) is 5.92 Å². The van der Waals surface area contributed by atoms with Gasteiger partial charge in [-0.2, -0.15) is 0 Å². The van der Waals surface area contributed by atoms with Gasteiger partial charge < -0.3 is 10.1 Å². The Morgan fingerprint density at radius 1 is 1.14 bits per heavy atom. The fourth-order valence-electron chi connectivity index (χ4n) is 2.44. The zero-order valence-corrected chi connectivity index (χ0v) is 17.9. The second-order valence-corrected chi connectivity index (χ2v) is 9.01. The van der Waals surface area contributed by atoms with Crippen molar-refractivity contribution >= 4 is 33.2 Å². The summed E-state index contributed by atoms with van der Waals surface area (Å²) in [6, 6.07) is 12.5. The molecule has 0 saturated heterocycles. The molecule has 2 rings (SSSR count). The summed E-state index contributed by atoms with van der Waals surface area (Å²) in [6.45, 7) is 5.47. The van der Waals surface area contributed by atoms with E-state index >= 15 is 0 Å². The van der Waals surface area contributed by atoms with Crippen molar-refractivity contribution in [3.8, 4) is 5.75 Å². The fourth-order valence-corrected chi connectivity index (χ4v) is 4.13. The molecule has 0 saturated carbocycles. The molecule has 8 heteroatoms. The number of hydrogen-bond acceptors (Lipinski definition) is 4. The highest BCUT2D eigenvalue weighted by atomic mass is 35.5. The highest BCUT2D eigenvalue weighted by Gasteiger charge is 2.28. The lowest BCUT2D eigenvalue weighted by atomic mass is 10.1. The van der Waals surface area contributed by atoms with E-state index in [4.69, 9.17) is 16.3 Å². The molecule has 0 aliphatic carbocycles. The van der Waals surface area contributed by atoms with Crippen molar-refractivity contribution in [2.24, 2.45) is 5.92 Å². The Balaban J connectivity index is 2.44. The average molecular weight is 425 g/mol. The maximum absolute atomic E-state index is 13.2. The van der Waals surface area contributed by atoms with E-state index < -0.39 is 15.9 Å². The molecule has 2 aromatic rings. The number of carbonyl (C=O) groups excluding carboxylic acids is 1. The van der Waals surface area contributed by atoms with E-state index in [-0.39, 0.29) is 34.1 Å². The van der Waals surface area contributed by atoms with E-state index in [0.717, 1.165) is 4.31 Å². The van der Waals surface area contributed by atoms with Crippen molar-refractivity contribution < 1.29 is 17.9 Å². The molecule has 0 heterocycles. The first-order valence-corrected chi connectivity index (χ1v) is 10.7. The lowest BCUT2D eigenvalue weighted by molar-refractivity contribution is -0.120. The first-order valence-electron chi connectivity index (χ1n) is 8.87. The predicted molar refractivity (Wildman–Crippen MR) is 111 cm³/mol. The van der Waals surface area contributed by atoms with Crippen LogP contribution in [-0.2, 0) is 14.8 Å². The Hall–Kier alpha value is -2.25. The van der Waals surface area contributed by atoms with Gasteiger partial charge in [-0.25, -0.2) is 8.42 Å². The summed E-state index contributed by atoms with van der Waals surface area (Å²) >= 11 is 6.19. The zero-order valence-electron chi connectivity index (χ0n) is 16.3. The Morgan fingerprint density at radius 2 is 1.79 bits per heavy atom. The molecule has 1 amide bonds. The number of sulfonamides is 1. The number of methoxy groups -OCH3 is 1. The van der Waals surface area contributed by atoms with E-state index in [9.17, 15) is 13.2 Å². The van der Waals surface area contributed by atoms with Gasteiger partial charge in [0.25, 0.3) is 10.0 Å². The summed E-state index contributed by atoms with van der Waals surface area (Å²) in [7, 11) is -2.50. The standard InChI is InChI=1S/C20H25ClN2O4S/c1-14(2)15(3)22-20(24)13-23(16-10-11-19(27-4)18(21)12-16)28(25,26)17-8-6-5-7-9-17/h5-12,14-15H,13H2,1-4H3,(H,22,24)/t15-/m0/s1. The smallest absolute Gasteiger partial charge is 0.264 e. The van der Waals surface area contributed by atoms with Crippen LogP contribution in [0.2, 0.25) is 5.02 Å². The first kappa shape index (κ1) is 22.0. The molecular weight excluding hydrogens is 400 g/mol. The van der Waals surface area contributed by atoms with Crippen molar-refractivity contribution in [1.29, 1.82) is 0 Å². The second kappa shape index (κ2) is 9.30. The maximum atomic E-state index is 13.2. The molecule has 152 valence electrons. The van der Waals surface area contributed by atoms with Crippen molar-refractivity contribution in [3.05, 3.63) is 53.6 Å². The second-order valence-electron chi connectivity index (χ2n) is 6.74. The molecule has 28 heavy (non-hydrogen) atoms. The summed E-state index contributed by atoms with van der Waals surface area (Å²) in [6.07, 6.45) is 0. The molecule has 0 bridgehead atoms. The Kier molecular flexibility index (Phi) is 7.32. The number of hydrogen-bond donors (Lipinski definition) is 1. The number of halogens is 1. The number of amides is 1. The van der Waals surface area contributed by atoms with Gasteiger partial charge in [0.05, 0.1) is 22.7 Å². The number of nitrogens with one attached hydrogen (secondary N) is 1. The number of ether oxygens (including phenoxy) is 1. The average Bonchev–Trinajstić information content (AvgIpc) is 2.66. The Bertz CT molecular complexity index is 917. The number of nitrogens with zero attached hydrogens (tertiary/aromatic N) is 1. The van der Waals surface area contributed by atoms with Gasteiger partial charge in [0.15, 0.2) is 0 Å². The third-order valence-electron chi connectivity index (χ3n) is 4.43. The van der Waals surface area contributed by atoms with E-state index in [2.05, 4.69) is 5.32 Å². The molecule has 0 unspecified atom stereocenters. The van der Waals surface area contributed by atoms with Crippen LogP contribution in [0.25, 0.3) is 0 Å². The third-order valence-corrected chi connectivity index (χ3v) is 6.51. The van der Waals surface area contributed by atoms with Crippen LogP contribution in [0.15, 0.2) is 53.4 Å². The Labute approximate surface area is 171 Å². The molecule has 1 atom stereocenters. The SMILES string of the molecule is COc1ccc(N(CC(=O)N[C@@H](C)C(C)C)S(=O)(=O)c2ccccc2)cc1Cl. The summed E-state index contributed by atoms with van der Waals surface area (Å²) in [5.41, 5.74) is 0.280. The Morgan fingerprint density at radius 3 is 2.32 bits per heavy atom. The van der Waals surface area contributed by atoms with E-state index in [0.29, 0.717) is 5.75 Å². The topological polar surface area (TPSA) is 75.7 Å². The minimum Gasteiger partial charge on any atom is -0.495 e. The van der Waals surface area contributed by atoms with Gasteiger partial charge in [0.2, 0.25) is 5.91 Å². The van der Waals surface area contributed by atoms with Crippen molar-refractivity contribution in [2.75, 3.05) is 18.0 Å². The third kappa shape index (κ3) is 5.17. The van der Waals surface area contributed by atoms with Crippen molar-refractivity contribution in [2.45, 2.75) is 31.7 Å². The largest absolute Gasteiger partial charge is 0.495 e. The van der Waals surface area contributed by atoms with Gasteiger partial charge in [-0.1, -0.05) is 43.6 Å². The molecule has 0 fully saturated rings. The summed E-state index contributed by atoms with van der Waals surface area (Å²) in [5.74, 6) is 0.242. The van der Waals surface area contributed by atoms with Gasteiger partial charge in [-0.05, 0) is 43.2 Å². The quantitative estimate of drug-likeness (QED) is 0.700. The van der Waals surface area contributed by atoms with Gasteiger partial charge in [-0.3, -0.25) is 9.10 Å². The molecule has 1 N–H and O–H groups in total. The van der Waals surface area contributed by atoms with Gasteiger partial charge in [0.1, 0.15) is 12.3 Å². The monoisotopic (exact) mass is 424 g/mol. The van der Waals surface area contributed by atoms with E-state index in [1.807, 2.05) is 20.8 Å². The predicted octanol–water partition coefficient (Wildman–Crippen LogP) is 3.70. The molecule has 0 aliphatic rings. The van der Waals surface area contributed by atoms with E-state index in [1.54, 1.807) is 30.3 Å². The summed E-state index contributed by atoms with van der Waals surface area (Å²) < 4.78 is 32.6. The lowest BCUT2D eigenvalue weighted by Crippen LogP contribution is -2.45. The fraction of sp³-hybridized carbons (Fsp3) is 0.350. The van der Waals surface area contributed by atoms with Crippen LogP contribution in [-0.4, -0.2) is 34.0 Å². The molecule has 0 radical (unpaired) electrons. The van der Waals surface area contributed by atoms with Gasteiger partial charge in [-0.15, -0.1) is 0 Å². The van der Waals surface area contributed by atoms with Crippen LogP contribution >= 0.6 is 11.6 Å². The van der Waals surface area contributed by atoms with Crippen LogP contribution in [0.4, 0.5) is 5.69 Å². The molecule has 0 aliphatic heterocycles. The lowest BCUT2D eigenvalue weighted by Gasteiger charge is -2.26. The van der Waals surface area contributed by atoms with E-state index in [1.165, 1.54) is 25.3 Å². The minimum absolute atomic E-state index is 0.0895. The minimum atomic E-state index is -3.97. The van der Waals surface area contributed by atoms with Gasteiger partial charge in [0, 0.05) is 6.04 Å². The van der Waals surface area contributed by atoms with Crippen molar-refractivity contribution in [1.82, 2.24) is 5.32 Å². The zero-order chi connectivity index (χ0) is 20.9. The maximum Gasteiger partial charge on any atom is 0.264 e.